The van der Waals surface area contributed by atoms with E-state index >= 15 is 0 Å². The molecule has 2 aromatic carbocycles. The maximum Gasteiger partial charge on any atom is 0.272 e. The van der Waals surface area contributed by atoms with Crippen LogP contribution in [0.25, 0.3) is 5.69 Å². The van der Waals surface area contributed by atoms with E-state index in [0.717, 1.165) is 16.9 Å². The molecule has 0 saturated heterocycles. The second kappa shape index (κ2) is 6.48. The predicted octanol–water partition coefficient (Wildman–Crippen LogP) is 3.67. The SMILES string of the molecule is Cc1cc(C(=O)NC(C)c2ccccc2)nn1-c1ccccc1. The van der Waals surface area contributed by atoms with E-state index in [2.05, 4.69) is 10.4 Å². The molecule has 0 fully saturated rings. The van der Waals surface area contributed by atoms with Gasteiger partial charge < -0.3 is 5.32 Å². The number of amides is 1. The van der Waals surface area contributed by atoms with E-state index in [1.54, 1.807) is 10.7 Å². The fourth-order valence-electron chi connectivity index (χ4n) is 2.51. The smallest absolute Gasteiger partial charge is 0.272 e. The number of benzene rings is 2. The molecular weight excluding hydrogens is 286 g/mol. The monoisotopic (exact) mass is 305 g/mol. The maximum absolute atomic E-state index is 12.4. The van der Waals surface area contributed by atoms with Crippen molar-refractivity contribution < 1.29 is 4.79 Å². The summed E-state index contributed by atoms with van der Waals surface area (Å²) in [5.41, 5.74) is 3.36. The molecule has 0 aliphatic heterocycles. The van der Waals surface area contributed by atoms with E-state index in [-0.39, 0.29) is 11.9 Å². The highest BCUT2D eigenvalue weighted by atomic mass is 16.2. The van der Waals surface area contributed by atoms with Crippen molar-refractivity contribution in [2.24, 2.45) is 0 Å². The van der Waals surface area contributed by atoms with Crippen LogP contribution >= 0.6 is 0 Å². The number of nitrogens with one attached hydrogen (secondary N) is 1. The van der Waals surface area contributed by atoms with E-state index < -0.39 is 0 Å². The first kappa shape index (κ1) is 15.0. The molecule has 1 aromatic heterocycles. The van der Waals surface area contributed by atoms with Gasteiger partial charge in [-0.2, -0.15) is 5.10 Å². The van der Waals surface area contributed by atoms with Crippen molar-refractivity contribution in [3.8, 4) is 5.69 Å². The van der Waals surface area contributed by atoms with Crippen molar-refractivity contribution in [3.63, 3.8) is 0 Å². The van der Waals surface area contributed by atoms with Gasteiger partial charge in [0, 0.05) is 5.69 Å². The van der Waals surface area contributed by atoms with Crippen LogP contribution in [0.1, 0.15) is 34.7 Å². The molecule has 0 radical (unpaired) electrons. The molecule has 0 bridgehead atoms. The van der Waals surface area contributed by atoms with Gasteiger partial charge in [0.1, 0.15) is 0 Å². The second-order valence-electron chi connectivity index (χ2n) is 5.52. The molecule has 1 amide bonds. The number of hydrogen-bond donors (Lipinski definition) is 1. The lowest BCUT2D eigenvalue weighted by Crippen LogP contribution is -2.27. The number of aryl methyl sites for hydroxylation is 1. The summed E-state index contributed by atoms with van der Waals surface area (Å²) in [4.78, 5) is 12.4. The van der Waals surface area contributed by atoms with E-state index in [4.69, 9.17) is 0 Å². The van der Waals surface area contributed by atoms with Crippen molar-refractivity contribution in [2.75, 3.05) is 0 Å². The molecule has 0 aliphatic carbocycles. The quantitative estimate of drug-likeness (QED) is 0.799. The zero-order chi connectivity index (χ0) is 16.2. The Balaban J connectivity index is 1.79. The van der Waals surface area contributed by atoms with Crippen LogP contribution in [0.5, 0.6) is 0 Å². The largest absolute Gasteiger partial charge is 0.344 e. The molecule has 1 atom stereocenters. The fraction of sp³-hybridized carbons (Fsp3) is 0.158. The third-order valence-corrected chi connectivity index (χ3v) is 3.77. The Hall–Kier alpha value is -2.88. The molecule has 1 unspecified atom stereocenters. The minimum Gasteiger partial charge on any atom is -0.344 e. The van der Waals surface area contributed by atoms with Crippen molar-refractivity contribution >= 4 is 5.91 Å². The predicted molar refractivity (Wildman–Crippen MR) is 90.6 cm³/mol. The van der Waals surface area contributed by atoms with Gasteiger partial charge in [0.15, 0.2) is 5.69 Å². The zero-order valence-electron chi connectivity index (χ0n) is 13.2. The first-order valence-electron chi connectivity index (χ1n) is 7.63. The van der Waals surface area contributed by atoms with Crippen LogP contribution in [0, 0.1) is 6.92 Å². The Morgan fingerprint density at radius 1 is 1.04 bits per heavy atom. The Bertz CT molecular complexity index is 794. The lowest BCUT2D eigenvalue weighted by atomic mass is 10.1. The molecule has 4 nitrogen and oxygen atoms in total. The standard InChI is InChI=1S/C19H19N3O/c1-14-13-18(21-22(14)17-11-7-4-8-12-17)19(23)20-15(2)16-9-5-3-6-10-16/h3-13,15H,1-2H3,(H,20,23). The summed E-state index contributed by atoms with van der Waals surface area (Å²) < 4.78 is 1.78. The molecule has 3 rings (SSSR count). The molecule has 1 N–H and O–H groups in total. The number of para-hydroxylation sites is 1. The second-order valence-corrected chi connectivity index (χ2v) is 5.52. The summed E-state index contributed by atoms with van der Waals surface area (Å²) in [5, 5.41) is 7.42. The number of hydrogen-bond acceptors (Lipinski definition) is 2. The third-order valence-electron chi connectivity index (χ3n) is 3.77. The molecular formula is C19H19N3O. The fourth-order valence-corrected chi connectivity index (χ4v) is 2.51. The molecule has 0 saturated carbocycles. The molecule has 0 aliphatic rings. The van der Waals surface area contributed by atoms with Crippen LogP contribution in [0.3, 0.4) is 0 Å². The third kappa shape index (κ3) is 3.31. The Kier molecular flexibility index (Phi) is 4.24. The van der Waals surface area contributed by atoms with E-state index in [1.807, 2.05) is 74.5 Å². The summed E-state index contributed by atoms with van der Waals surface area (Å²) in [7, 11) is 0. The normalized spacial score (nSPS) is 11.9. The Morgan fingerprint density at radius 3 is 2.30 bits per heavy atom. The molecule has 4 heteroatoms. The number of carbonyl (C=O) groups excluding carboxylic acids is 1. The number of aromatic nitrogens is 2. The highest BCUT2D eigenvalue weighted by Gasteiger charge is 2.16. The summed E-state index contributed by atoms with van der Waals surface area (Å²) in [6.07, 6.45) is 0. The van der Waals surface area contributed by atoms with E-state index in [0.29, 0.717) is 5.69 Å². The van der Waals surface area contributed by atoms with Gasteiger partial charge in [-0.15, -0.1) is 0 Å². The highest BCUT2D eigenvalue weighted by Crippen LogP contribution is 2.14. The average Bonchev–Trinajstić information content (AvgIpc) is 2.98. The molecule has 3 aromatic rings. The van der Waals surface area contributed by atoms with E-state index in [9.17, 15) is 4.79 Å². The topological polar surface area (TPSA) is 46.9 Å². The van der Waals surface area contributed by atoms with Gasteiger partial charge in [-0.05, 0) is 37.6 Å². The van der Waals surface area contributed by atoms with Crippen molar-refractivity contribution in [1.29, 1.82) is 0 Å². The van der Waals surface area contributed by atoms with Crippen molar-refractivity contribution in [2.45, 2.75) is 19.9 Å². The van der Waals surface area contributed by atoms with Gasteiger partial charge in [-0.25, -0.2) is 4.68 Å². The van der Waals surface area contributed by atoms with Crippen LogP contribution in [0.2, 0.25) is 0 Å². The number of nitrogens with zero attached hydrogens (tertiary/aromatic N) is 2. The number of carbonyl (C=O) groups is 1. The Labute approximate surface area is 135 Å². The summed E-state index contributed by atoms with van der Waals surface area (Å²) in [5.74, 6) is -0.167. The van der Waals surface area contributed by atoms with Gasteiger partial charge in [-0.3, -0.25) is 4.79 Å². The van der Waals surface area contributed by atoms with Crippen LogP contribution in [0.15, 0.2) is 66.7 Å². The minimum atomic E-state index is -0.167. The molecule has 116 valence electrons. The Morgan fingerprint density at radius 2 is 1.65 bits per heavy atom. The first-order valence-corrected chi connectivity index (χ1v) is 7.63. The van der Waals surface area contributed by atoms with Crippen LogP contribution in [-0.2, 0) is 0 Å². The van der Waals surface area contributed by atoms with Crippen LogP contribution < -0.4 is 5.32 Å². The van der Waals surface area contributed by atoms with Crippen LogP contribution in [0.4, 0.5) is 0 Å². The molecule has 0 spiro atoms. The summed E-state index contributed by atoms with van der Waals surface area (Å²) in [6, 6.07) is 21.4. The lowest BCUT2D eigenvalue weighted by molar-refractivity contribution is 0.0934. The van der Waals surface area contributed by atoms with Crippen molar-refractivity contribution in [3.05, 3.63) is 83.7 Å². The van der Waals surface area contributed by atoms with Crippen LogP contribution in [-0.4, -0.2) is 15.7 Å². The first-order chi connectivity index (χ1) is 11.1. The average molecular weight is 305 g/mol. The zero-order valence-corrected chi connectivity index (χ0v) is 13.2. The van der Waals surface area contributed by atoms with Gasteiger partial charge >= 0.3 is 0 Å². The maximum atomic E-state index is 12.4. The summed E-state index contributed by atoms with van der Waals surface area (Å²) in [6.45, 7) is 3.91. The van der Waals surface area contributed by atoms with Gasteiger partial charge in [0.25, 0.3) is 5.91 Å². The van der Waals surface area contributed by atoms with E-state index in [1.165, 1.54) is 0 Å². The van der Waals surface area contributed by atoms with Gasteiger partial charge in [-0.1, -0.05) is 48.5 Å². The lowest BCUT2D eigenvalue weighted by Gasteiger charge is -2.13. The molecule has 1 heterocycles. The number of rotatable bonds is 4. The highest BCUT2D eigenvalue weighted by molar-refractivity contribution is 5.92. The summed E-state index contributed by atoms with van der Waals surface area (Å²) >= 11 is 0. The van der Waals surface area contributed by atoms with Gasteiger partial charge in [0.05, 0.1) is 11.7 Å². The minimum absolute atomic E-state index is 0.0640. The molecule has 23 heavy (non-hydrogen) atoms. The van der Waals surface area contributed by atoms with Crippen molar-refractivity contribution in [1.82, 2.24) is 15.1 Å². The van der Waals surface area contributed by atoms with Gasteiger partial charge in [0.2, 0.25) is 0 Å².